The molecule has 1 aliphatic heterocycles. The molecule has 0 spiro atoms. The molecule has 2 nitrogen and oxygen atoms in total. The molecule has 4 aromatic carbocycles. The predicted octanol–water partition coefficient (Wildman–Crippen LogP) is 10.3. The first-order valence-corrected chi connectivity index (χ1v) is 14.2. The number of para-hydroxylation sites is 1. The number of nitrogens with zero attached hydrogens (tertiary/aromatic N) is 1. The highest BCUT2D eigenvalue weighted by Crippen LogP contribution is 2.37. The summed E-state index contributed by atoms with van der Waals surface area (Å²) in [5.74, 6) is 0. The van der Waals surface area contributed by atoms with Crippen LogP contribution in [0.2, 0.25) is 0 Å². The Labute approximate surface area is 233 Å². The van der Waals surface area contributed by atoms with Crippen LogP contribution in [-0.2, 0) is 7.05 Å². The van der Waals surface area contributed by atoms with Gasteiger partial charge in [-0.1, -0.05) is 119 Å². The summed E-state index contributed by atoms with van der Waals surface area (Å²) in [6, 6.07) is 33.0. The highest BCUT2D eigenvalue weighted by molar-refractivity contribution is 6.10. The van der Waals surface area contributed by atoms with Crippen molar-refractivity contribution in [1.82, 2.24) is 4.57 Å². The number of benzene rings is 4. The largest absolute Gasteiger partial charge is 0.375 e. The molecule has 1 atom stereocenters. The lowest BCUT2D eigenvalue weighted by molar-refractivity contribution is 1.01. The Morgan fingerprint density at radius 3 is 1.92 bits per heavy atom. The maximum atomic E-state index is 3.67. The number of aryl methyl sites for hydroxylation is 1. The van der Waals surface area contributed by atoms with Gasteiger partial charge in [0.1, 0.15) is 0 Å². The number of nitrogens with one attached hydrogen (secondary N) is 1. The van der Waals surface area contributed by atoms with Crippen LogP contribution >= 0.6 is 0 Å². The van der Waals surface area contributed by atoms with Crippen molar-refractivity contribution in [3.8, 4) is 11.1 Å². The van der Waals surface area contributed by atoms with Crippen molar-refractivity contribution in [2.24, 2.45) is 7.05 Å². The van der Waals surface area contributed by atoms with Gasteiger partial charge in [-0.15, -0.1) is 0 Å². The van der Waals surface area contributed by atoms with Gasteiger partial charge in [0.05, 0.1) is 6.04 Å². The van der Waals surface area contributed by atoms with Crippen molar-refractivity contribution in [3.05, 3.63) is 126 Å². The van der Waals surface area contributed by atoms with Crippen molar-refractivity contribution in [3.63, 3.8) is 0 Å². The van der Waals surface area contributed by atoms with E-state index in [2.05, 4.69) is 146 Å². The molecule has 2 heterocycles. The van der Waals surface area contributed by atoms with Crippen LogP contribution in [0.25, 0.3) is 44.1 Å². The molecule has 0 amide bonds. The van der Waals surface area contributed by atoms with Crippen LogP contribution in [0.4, 0.5) is 5.69 Å². The fourth-order valence-corrected chi connectivity index (χ4v) is 5.43. The second kappa shape index (κ2) is 11.6. The summed E-state index contributed by atoms with van der Waals surface area (Å²) in [6.07, 6.45) is 10.4. The number of rotatable bonds is 2. The second-order valence-electron chi connectivity index (χ2n) is 9.89. The van der Waals surface area contributed by atoms with Crippen LogP contribution < -0.4 is 5.32 Å². The highest BCUT2D eigenvalue weighted by atomic mass is 14.9. The first-order chi connectivity index (χ1) is 19.2. The molecule has 0 radical (unpaired) electrons. The average Bonchev–Trinajstić information content (AvgIpc) is 3.14. The number of hydrogen-bond donors (Lipinski definition) is 1. The van der Waals surface area contributed by atoms with Crippen LogP contribution in [-0.4, -0.2) is 10.6 Å². The topological polar surface area (TPSA) is 17.0 Å². The van der Waals surface area contributed by atoms with E-state index < -0.39 is 0 Å². The Morgan fingerprint density at radius 1 is 0.641 bits per heavy atom. The predicted molar refractivity (Wildman–Crippen MR) is 172 cm³/mol. The third-order valence-electron chi connectivity index (χ3n) is 7.17. The Morgan fingerprint density at radius 2 is 1.21 bits per heavy atom. The smallest absolute Gasteiger partial charge is 0.0646 e. The van der Waals surface area contributed by atoms with Gasteiger partial charge in [-0.2, -0.15) is 0 Å². The molecule has 1 aromatic heterocycles. The standard InChI is InChI=1S/C32H24N2.C3H8.C2H6/c1-34-31-15-13-23(21-7-3-2-4-8-21)19-28(31)29-20-24(14-16-32(29)34)22-11-12-25-18-26(17-22)33-30-10-6-5-9-27(25)30;1-3-2;1-2/h2-20,26,33H,1H3;3H2,1-2H3;1-2H3. The average molecular weight is 511 g/mol. The van der Waals surface area contributed by atoms with Gasteiger partial charge in [-0.05, 0) is 58.2 Å². The molecule has 1 unspecified atom stereocenters. The molecule has 5 aromatic rings. The minimum atomic E-state index is 0.183. The van der Waals surface area contributed by atoms with Gasteiger partial charge >= 0.3 is 0 Å². The zero-order valence-electron chi connectivity index (χ0n) is 23.7. The third-order valence-corrected chi connectivity index (χ3v) is 7.17. The molecular weight excluding hydrogens is 472 g/mol. The number of anilines is 1. The molecule has 2 heteroatoms. The van der Waals surface area contributed by atoms with Gasteiger partial charge in [0, 0.05) is 40.1 Å². The SMILES string of the molecule is CC.CCC.Cn1c2ccc(C3=CC4C=C(C=C3)c3ccccc3N4)cc2c2cc(-c3ccccc3)ccc21. The van der Waals surface area contributed by atoms with Gasteiger partial charge in [-0.3, -0.25) is 0 Å². The van der Waals surface area contributed by atoms with Gasteiger partial charge in [0.15, 0.2) is 0 Å². The number of aromatic nitrogens is 1. The number of allylic oxidation sites excluding steroid dienone is 4. The summed E-state index contributed by atoms with van der Waals surface area (Å²) in [7, 11) is 2.16. The van der Waals surface area contributed by atoms with Gasteiger partial charge in [-0.25, -0.2) is 0 Å². The summed E-state index contributed by atoms with van der Waals surface area (Å²) in [6.45, 7) is 8.25. The Balaban J connectivity index is 0.000000579. The van der Waals surface area contributed by atoms with Crippen molar-refractivity contribution in [2.45, 2.75) is 40.2 Å². The van der Waals surface area contributed by atoms with Gasteiger partial charge < -0.3 is 9.88 Å². The molecular formula is C37H38N2. The first-order valence-electron chi connectivity index (χ1n) is 14.2. The van der Waals surface area contributed by atoms with E-state index in [0.29, 0.717) is 0 Å². The molecule has 0 saturated carbocycles. The minimum Gasteiger partial charge on any atom is -0.375 e. The Kier molecular flexibility index (Phi) is 7.84. The lowest BCUT2D eigenvalue weighted by atomic mass is 9.97. The molecule has 0 saturated heterocycles. The minimum absolute atomic E-state index is 0.183. The van der Waals surface area contributed by atoms with E-state index in [4.69, 9.17) is 0 Å². The van der Waals surface area contributed by atoms with E-state index in [1.807, 2.05) is 13.8 Å². The van der Waals surface area contributed by atoms with Crippen molar-refractivity contribution in [1.29, 1.82) is 0 Å². The van der Waals surface area contributed by atoms with Crippen molar-refractivity contribution < 1.29 is 0 Å². The van der Waals surface area contributed by atoms with E-state index in [0.717, 1.165) is 0 Å². The molecule has 1 aliphatic carbocycles. The van der Waals surface area contributed by atoms with Crippen LogP contribution in [0.15, 0.2) is 115 Å². The van der Waals surface area contributed by atoms with E-state index in [1.165, 1.54) is 67.3 Å². The fraction of sp³-hybridized carbons (Fsp3) is 0.189. The summed E-state index contributed by atoms with van der Waals surface area (Å²) in [5, 5.41) is 6.26. The van der Waals surface area contributed by atoms with E-state index >= 15 is 0 Å². The third kappa shape index (κ3) is 5.07. The lowest BCUT2D eigenvalue weighted by Crippen LogP contribution is -2.18. The molecule has 7 rings (SSSR count). The first kappa shape index (κ1) is 26.3. The molecule has 2 aliphatic rings. The maximum absolute atomic E-state index is 3.67. The molecule has 0 fully saturated rings. The maximum Gasteiger partial charge on any atom is 0.0646 e. The summed E-state index contributed by atoms with van der Waals surface area (Å²) in [5.41, 5.74) is 11.3. The zero-order chi connectivity index (χ0) is 27.4. The summed E-state index contributed by atoms with van der Waals surface area (Å²) in [4.78, 5) is 0. The van der Waals surface area contributed by atoms with E-state index in [9.17, 15) is 0 Å². The second-order valence-corrected chi connectivity index (χ2v) is 9.89. The normalized spacial score (nSPS) is 15.1. The quantitative estimate of drug-likeness (QED) is 0.250. The van der Waals surface area contributed by atoms with Crippen LogP contribution in [0, 0.1) is 0 Å². The van der Waals surface area contributed by atoms with Crippen LogP contribution in [0.5, 0.6) is 0 Å². The van der Waals surface area contributed by atoms with Crippen molar-refractivity contribution in [2.75, 3.05) is 5.32 Å². The number of fused-ring (bicyclic) bond motifs is 6. The lowest BCUT2D eigenvalue weighted by Gasteiger charge is -2.22. The van der Waals surface area contributed by atoms with E-state index in [1.54, 1.807) is 0 Å². The molecule has 196 valence electrons. The van der Waals surface area contributed by atoms with Crippen LogP contribution in [0.1, 0.15) is 45.2 Å². The summed E-state index contributed by atoms with van der Waals surface area (Å²) < 4.78 is 2.30. The monoisotopic (exact) mass is 510 g/mol. The molecule has 1 N–H and O–H groups in total. The Bertz CT molecular complexity index is 1700. The summed E-state index contributed by atoms with van der Waals surface area (Å²) >= 11 is 0. The van der Waals surface area contributed by atoms with Crippen molar-refractivity contribution >= 4 is 38.6 Å². The zero-order valence-corrected chi connectivity index (χ0v) is 23.7. The molecule has 2 bridgehead atoms. The molecule has 39 heavy (non-hydrogen) atoms. The Hall–Kier alpha value is -4.30. The van der Waals surface area contributed by atoms with Crippen LogP contribution in [0.3, 0.4) is 0 Å². The van der Waals surface area contributed by atoms with Gasteiger partial charge in [0.25, 0.3) is 0 Å². The van der Waals surface area contributed by atoms with Gasteiger partial charge in [0.2, 0.25) is 0 Å². The van der Waals surface area contributed by atoms with E-state index in [-0.39, 0.29) is 6.04 Å². The number of hydrogen-bond acceptors (Lipinski definition) is 1. The highest BCUT2D eigenvalue weighted by Gasteiger charge is 2.19. The fourth-order valence-electron chi connectivity index (χ4n) is 5.43.